The molecule has 0 bridgehead atoms. The molecule has 0 saturated carbocycles. The van der Waals surface area contributed by atoms with Crippen molar-refractivity contribution in [2.24, 2.45) is 0 Å². The van der Waals surface area contributed by atoms with Gasteiger partial charge in [-0.3, -0.25) is 9.59 Å². The Bertz CT molecular complexity index is 911. The van der Waals surface area contributed by atoms with Gasteiger partial charge in [-0.2, -0.15) is 0 Å². The summed E-state index contributed by atoms with van der Waals surface area (Å²) in [6.45, 7) is 4.42. The van der Waals surface area contributed by atoms with Gasteiger partial charge in [0, 0.05) is 12.8 Å². The Morgan fingerprint density at radius 3 is 1.25 bits per heavy atom. The third-order valence-corrected chi connectivity index (χ3v) is 9.75. The van der Waals surface area contributed by atoms with Crippen LogP contribution in [0.15, 0.2) is 60.8 Å². The molecule has 0 aliphatic rings. The number of rotatable bonds is 40. The lowest BCUT2D eigenvalue weighted by Crippen LogP contribution is -2.18. The number of esters is 1. The molecule has 0 aromatic rings. The van der Waals surface area contributed by atoms with Gasteiger partial charge in [-0.25, -0.2) is 0 Å². The summed E-state index contributed by atoms with van der Waals surface area (Å²) in [5.74, 6) is -0.643. The van der Waals surface area contributed by atoms with Crippen LogP contribution >= 0.6 is 0 Å². The quantitative estimate of drug-likeness (QED) is 0.0388. The smallest absolute Gasteiger partial charge is 0.306 e. The Morgan fingerprint density at radius 2 is 0.808 bits per heavy atom. The summed E-state index contributed by atoms with van der Waals surface area (Å²) in [7, 11) is 0. The van der Waals surface area contributed by atoms with Crippen LogP contribution in [0.25, 0.3) is 0 Å². The van der Waals surface area contributed by atoms with Gasteiger partial charge >= 0.3 is 11.9 Å². The SMILES string of the molecule is CC/C=C\C/C=C\C/C=C\C/C=C\C/C=C\CCCCCCCC(=O)OC(CCCCCCC)CCCCCCCCCCCCCCCC(=O)O. The predicted molar refractivity (Wildman–Crippen MR) is 227 cm³/mol. The number of hydrogen-bond donors (Lipinski definition) is 1. The van der Waals surface area contributed by atoms with E-state index < -0.39 is 5.97 Å². The van der Waals surface area contributed by atoms with Crippen LogP contribution < -0.4 is 0 Å². The molecule has 0 aromatic heterocycles. The molecule has 300 valence electrons. The Hall–Kier alpha value is -2.36. The third kappa shape index (κ3) is 42.1. The number of carboxylic acid groups (broad SMARTS) is 1. The van der Waals surface area contributed by atoms with Gasteiger partial charge in [0.25, 0.3) is 0 Å². The summed E-state index contributed by atoms with van der Waals surface area (Å²) in [6.07, 6.45) is 59.9. The maximum atomic E-state index is 12.7. The molecule has 1 unspecified atom stereocenters. The summed E-state index contributed by atoms with van der Waals surface area (Å²) >= 11 is 0. The molecule has 0 aliphatic carbocycles. The van der Waals surface area contributed by atoms with Gasteiger partial charge < -0.3 is 9.84 Å². The fourth-order valence-electron chi connectivity index (χ4n) is 6.51. The van der Waals surface area contributed by atoms with E-state index in [1.54, 1.807) is 0 Å². The maximum Gasteiger partial charge on any atom is 0.306 e. The highest BCUT2D eigenvalue weighted by Crippen LogP contribution is 2.19. The predicted octanol–water partition coefficient (Wildman–Crippen LogP) is 15.7. The Kier molecular flexibility index (Phi) is 41.1. The zero-order chi connectivity index (χ0) is 37.8. The molecule has 1 N–H and O–H groups in total. The van der Waals surface area contributed by atoms with Crippen LogP contribution in [0.5, 0.6) is 0 Å². The van der Waals surface area contributed by atoms with E-state index in [-0.39, 0.29) is 12.1 Å². The molecule has 0 rings (SSSR count). The first kappa shape index (κ1) is 49.6. The standard InChI is InChI=1S/C48H84O4/c1-3-5-7-9-10-11-12-13-14-15-16-17-18-19-20-24-27-30-33-37-41-45-48(51)52-46(42-38-34-8-6-4-2)43-39-35-31-28-25-22-21-23-26-29-32-36-40-44-47(49)50/h5,7,10-11,13-14,16-17,19-20,46H,3-4,6,8-9,12,15,18,21-45H2,1-2H3,(H,49,50)/b7-5-,11-10-,14-13-,17-16-,20-19-. The van der Waals surface area contributed by atoms with Gasteiger partial charge in [0.05, 0.1) is 0 Å². The van der Waals surface area contributed by atoms with Crippen molar-refractivity contribution in [2.75, 3.05) is 0 Å². The first-order chi connectivity index (χ1) is 25.6. The largest absolute Gasteiger partial charge is 0.481 e. The molecule has 4 nitrogen and oxygen atoms in total. The first-order valence-corrected chi connectivity index (χ1v) is 22.3. The Balaban J connectivity index is 3.90. The third-order valence-electron chi connectivity index (χ3n) is 9.75. The van der Waals surface area contributed by atoms with Crippen molar-refractivity contribution in [3.05, 3.63) is 60.8 Å². The number of hydrogen-bond acceptors (Lipinski definition) is 3. The van der Waals surface area contributed by atoms with Crippen molar-refractivity contribution in [2.45, 2.75) is 232 Å². The van der Waals surface area contributed by atoms with E-state index in [1.165, 1.54) is 122 Å². The number of allylic oxidation sites excluding steroid dienone is 10. The van der Waals surface area contributed by atoms with Crippen molar-refractivity contribution in [3.8, 4) is 0 Å². The van der Waals surface area contributed by atoms with Crippen LogP contribution in [0.2, 0.25) is 0 Å². The van der Waals surface area contributed by atoms with E-state index in [0.29, 0.717) is 12.8 Å². The average Bonchev–Trinajstić information content (AvgIpc) is 3.13. The monoisotopic (exact) mass is 725 g/mol. The zero-order valence-corrected chi connectivity index (χ0v) is 34.4. The topological polar surface area (TPSA) is 63.6 Å². The first-order valence-electron chi connectivity index (χ1n) is 22.3. The van der Waals surface area contributed by atoms with Crippen molar-refractivity contribution >= 4 is 11.9 Å². The van der Waals surface area contributed by atoms with Crippen molar-refractivity contribution in [3.63, 3.8) is 0 Å². The van der Waals surface area contributed by atoms with Crippen LogP contribution in [0, 0.1) is 0 Å². The minimum atomic E-state index is -0.669. The normalized spacial score (nSPS) is 12.8. The second-order valence-electron chi connectivity index (χ2n) is 14.9. The number of carbonyl (C=O) groups is 2. The summed E-state index contributed by atoms with van der Waals surface area (Å²) in [5.41, 5.74) is 0. The molecule has 0 aliphatic heterocycles. The summed E-state index contributed by atoms with van der Waals surface area (Å²) in [5, 5.41) is 8.70. The van der Waals surface area contributed by atoms with Gasteiger partial charge in [0.15, 0.2) is 0 Å². The lowest BCUT2D eigenvalue weighted by atomic mass is 10.0. The van der Waals surface area contributed by atoms with Crippen LogP contribution in [0.3, 0.4) is 0 Å². The highest BCUT2D eigenvalue weighted by Gasteiger charge is 2.14. The molecule has 0 amide bonds. The summed E-state index contributed by atoms with van der Waals surface area (Å²) in [4.78, 5) is 23.3. The molecule has 0 aromatic carbocycles. The second-order valence-corrected chi connectivity index (χ2v) is 14.9. The van der Waals surface area contributed by atoms with Gasteiger partial charge in [-0.1, -0.05) is 190 Å². The molecule has 0 spiro atoms. The van der Waals surface area contributed by atoms with E-state index >= 15 is 0 Å². The highest BCUT2D eigenvalue weighted by molar-refractivity contribution is 5.69. The van der Waals surface area contributed by atoms with E-state index in [1.807, 2.05) is 0 Å². The van der Waals surface area contributed by atoms with Crippen LogP contribution in [-0.4, -0.2) is 23.1 Å². The van der Waals surface area contributed by atoms with Gasteiger partial charge in [-0.15, -0.1) is 0 Å². The molecule has 4 heteroatoms. The molecule has 52 heavy (non-hydrogen) atoms. The van der Waals surface area contributed by atoms with Crippen molar-refractivity contribution in [1.29, 1.82) is 0 Å². The Morgan fingerprint density at radius 1 is 0.442 bits per heavy atom. The molecular weight excluding hydrogens is 641 g/mol. The number of carboxylic acids is 1. The molecule has 1 atom stereocenters. The molecule has 0 fully saturated rings. The van der Waals surface area contributed by atoms with Crippen molar-refractivity contribution < 1.29 is 19.4 Å². The van der Waals surface area contributed by atoms with E-state index in [0.717, 1.165) is 77.0 Å². The minimum Gasteiger partial charge on any atom is -0.481 e. The zero-order valence-electron chi connectivity index (χ0n) is 34.4. The molecule has 0 radical (unpaired) electrons. The molecular formula is C48H84O4. The Labute approximate surface area is 323 Å². The highest BCUT2D eigenvalue weighted by atomic mass is 16.5. The lowest BCUT2D eigenvalue weighted by Gasteiger charge is -2.18. The van der Waals surface area contributed by atoms with Crippen molar-refractivity contribution in [1.82, 2.24) is 0 Å². The summed E-state index contributed by atoms with van der Waals surface area (Å²) < 4.78 is 6.04. The fraction of sp³-hybridized carbons (Fsp3) is 0.750. The van der Waals surface area contributed by atoms with Gasteiger partial charge in [-0.05, 0) is 83.5 Å². The van der Waals surface area contributed by atoms with Crippen LogP contribution in [-0.2, 0) is 14.3 Å². The maximum absolute atomic E-state index is 12.7. The molecule has 0 heterocycles. The van der Waals surface area contributed by atoms with Gasteiger partial charge in [0.2, 0.25) is 0 Å². The van der Waals surface area contributed by atoms with Crippen LogP contribution in [0.4, 0.5) is 0 Å². The summed E-state index contributed by atoms with van der Waals surface area (Å²) in [6, 6.07) is 0. The minimum absolute atomic E-state index is 0.0256. The number of unbranched alkanes of at least 4 members (excludes halogenated alkanes) is 21. The second kappa shape index (κ2) is 43.0. The molecule has 0 saturated heterocycles. The fourth-order valence-corrected chi connectivity index (χ4v) is 6.51. The average molecular weight is 725 g/mol. The number of ether oxygens (including phenoxy) is 1. The number of aliphatic carboxylic acids is 1. The van der Waals surface area contributed by atoms with E-state index in [4.69, 9.17) is 9.84 Å². The van der Waals surface area contributed by atoms with Crippen LogP contribution in [0.1, 0.15) is 226 Å². The van der Waals surface area contributed by atoms with Gasteiger partial charge in [0.1, 0.15) is 6.10 Å². The van der Waals surface area contributed by atoms with E-state index in [2.05, 4.69) is 74.6 Å². The van der Waals surface area contributed by atoms with E-state index in [9.17, 15) is 9.59 Å². The number of carbonyl (C=O) groups excluding carboxylic acids is 1. The lowest BCUT2D eigenvalue weighted by molar-refractivity contribution is -0.150.